The number of ether oxygens (including phenoxy) is 1. The molecule has 0 aromatic rings. The van der Waals surface area contributed by atoms with E-state index in [2.05, 4.69) is 13.8 Å². The van der Waals surface area contributed by atoms with E-state index in [1.165, 1.54) is 0 Å². The lowest BCUT2D eigenvalue weighted by Gasteiger charge is -2.26. The molecule has 0 aliphatic rings. The van der Waals surface area contributed by atoms with Gasteiger partial charge in [-0.1, -0.05) is 26.7 Å². The summed E-state index contributed by atoms with van der Waals surface area (Å²) >= 11 is 0. The van der Waals surface area contributed by atoms with Crippen molar-refractivity contribution in [3.05, 3.63) is 0 Å². The van der Waals surface area contributed by atoms with Crippen molar-refractivity contribution in [3.8, 4) is 0 Å². The third-order valence-electron chi connectivity index (χ3n) is 2.96. The van der Waals surface area contributed by atoms with E-state index in [-0.39, 0.29) is 12.6 Å². The normalized spacial score (nSPS) is 11.9. The fraction of sp³-hybridized carbons (Fsp3) is 0.923. The average Bonchev–Trinajstić information content (AvgIpc) is 2.37. The number of hydrogen-bond donors (Lipinski definition) is 3. The summed E-state index contributed by atoms with van der Waals surface area (Å²) in [6, 6.07) is 0. The van der Waals surface area contributed by atoms with Crippen molar-refractivity contribution in [1.82, 2.24) is 0 Å². The maximum absolute atomic E-state index is 11.4. The zero-order chi connectivity index (χ0) is 14.0. The second kappa shape index (κ2) is 9.30. The van der Waals surface area contributed by atoms with E-state index >= 15 is 0 Å². The third-order valence-corrected chi connectivity index (χ3v) is 2.96. The highest BCUT2D eigenvalue weighted by molar-refractivity contribution is 5.69. The standard InChI is InChI=1S/C13H26O5/c1-11(2)5-3-4-6-12(17)18-10-13(7-14,8-15)9-16/h11,14-16H,3-10H2,1-2H3. The molecule has 5 heteroatoms. The SMILES string of the molecule is CC(C)CCCCC(=O)OCC(CO)(CO)CO. The Bertz CT molecular complexity index is 215. The lowest BCUT2D eigenvalue weighted by Crippen LogP contribution is -2.39. The predicted molar refractivity (Wildman–Crippen MR) is 68.0 cm³/mol. The summed E-state index contributed by atoms with van der Waals surface area (Å²) in [5.74, 6) is 0.283. The van der Waals surface area contributed by atoms with Crippen LogP contribution in [-0.2, 0) is 9.53 Å². The van der Waals surface area contributed by atoms with Gasteiger partial charge in [0, 0.05) is 6.42 Å². The largest absolute Gasteiger partial charge is 0.465 e. The van der Waals surface area contributed by atoms with Crippen LogP contribution in [0.1, 0.15) is 39.5 Å². The first-order chi connectivity index (χ1) is 8.49. The summed E-state index contributed by atoms with van der Waals surface area (Å²) in [6.45, 7) is 2.87. The Hall–Kier alpha value is -0.650. The van der Waals surface area contributed by atoms with Gasteiger partial charge in [0.2, 0.25) is 0 Å². The molecule has 108 valence electrons. The zero-order valence-electron chi connectivity index (χ0n) is 11.4. The summed E-state index contributed by atoms with van der Waals surface area (Å²) in [5, 5.41) is 27.2. The number of carbonyl (C=O) groups excluding carboxylic acids is 1. The zero-order valence-corrected chi connectivity index (χ0v) is 11.4. The van der Waals surface area contributed by atoms with E-state index in [0.29, 0.717) is 12.3 Å². The van der Waals surface area contributed by atoms with Gasteiger partial charge in [-0.2, -0.15) is 0 Å². The van der Waals surface area contributed by atoms with E-state index in [1.807, 2.05) is 0 Å². The Morgan fingerprint density at radius 3 is 2.11 bits per heavy atom. The quantitative estimate of drug-likeness (QED) is 0.399. The number of aliphatic hydroxyl groups excluding tert-OH is 3. The summed E-state index contributed by atoms with van der Waals surface area (Å²) in [7, 11) is 0. The highest BCUT2D eigenvalue weighted by atomic mass is 16.5. The molecular formula is C13H26O5. The Kier molecular flexibility index (Phi) is 8.97. The molecule has 0 aromatic heterocycles. The molecule has 0 fully saturated rings. The number of unbranched alkanes of at least 4 members (excludes halogenated alkanes) is 1. The molecule has 0 heterocycles. The molecule has 18 heavy (non-hydrogen) atoms. The summed E-state index contributed by atoms with van der Waals surface area (Å²) in [6.07, 6.45) is 3.19. The lowest BCUT2D eigenvalue weighted by molar-refractivity contribution is -0.151. The number of aliphatic hydroxyl groups is 3. The average molecular weight is 262 g/mol. The maximum Gasteiger partial charge on any atom is 0.305 e. The van der Waals surface area contributed by atoms with Gasteiger partial charge in [0.25, 0.3) is 0 Å². The van der Waals surface area contributed by atoms with Gasteiger partial charge in [-0.05, 0) is 12.3 Å². The Morgan fingerprint density at radius 2 is 1.67 bits per heavy atom. The molecule has 0 rings (SSSR count). The van der Waals surface area contributed by atoms with Crippen LogP contribution in [0.2, 0.25) is 0 Å². The summed E-state index contributed by atoms with van der Waals surface area (Å²) in [5.41, 5.74) is -1.13. The van der Waals surface area contributed by atoms with Crippen molar-refractivity contribution >= 4 is 5.97 Å². The summed E-state index contributed by atoms with van der Waals surface area (Å²) < 4.78 is 4.97. The first-order valence-electron chi connectivity index (χ1n) is 6.48. The molecule has 0 atom stereocenters. The number of esters is 1. The molecule has 5 nitrogen and oxygen atoms in total. The van der Waals surface area contributed by atoms with Crippen molar-refractivity contribution < 1.29 is 24.9 Å². The maximum atomic E-state index is 11.4. The molecular weight excluding hydrogens is 236 g/mol. The molecule has 0 amide bonds. The second-order valence-corrected chi connectivity index (χ2v) is 5.27. The number of carbonyl (C=O) groups is 1. The van der Waals surface area contributed by atoms with Gasteiger partial charge in [0.1, 0.15) is 6.61 Å². The number of hydrogen-bond acceptors (Lipinski definition) is 5. The van der Waals surface area contributed by atoms with E-state index in [1.54, 1.807) is 0 Å². The highest BCUT2D eigenvalue weighted by Crippen LogP contribution is 2.16. The molecule has 0 bridgehead atoms. The monoisotopic (exact) mass is 262 g/mol. The molecule has 0 aliphatic carbocycles. The predicted octanol–water partition coefficient (Wildman–Crippen LogP) is 0.709. The Labute approximate surface area is 109 Å². The third kappa shape index (κ3) is 6.93. The molecule has 0 unspecified atom stereocenters. The molecule has 0 aliphatic heterocycles. The highest BCUT2D eigenvalue weighted by Gasteiger charge is 2.29. The van der Waals surface area contributed by atoms with Gasteiger partial charge in [0.15, 0.2) is 0 Å². The van der Waals surface area contributed by atoms with Gasteiger partial charge in [-0.25, -0.2) is 0 Å². The van der Waals surface area contributed by atoms with Crippen molar-refractivity contribution in [2.24, 2.45) is 11.3 Å². The molecule has 0 spiro atoms. The van der Waals surface area contributed by atoms with Crippen molar-refractivity contribution in [3.63, 3.8) is 0 Å². The number of rotatable bonds is 10. The lowest BCUT2D eigenvalue weighted by atomic mass is 9.93. The van der Waals surface area contributed by atoms with Crippen LogP contribution in [0.3, 0.4) is 0 Å². The van der Waals surface area contributed by atoms with Crippen molar-refractivity contribution in [1.29, 1.82) is 0 Å². The van der Waals surface area contributed by atoms with Crippen LogP contribution in [0.5, 0.6) is 0 Å². The fourth-order valence-corrected chi connectivity index (χ4v) is 1.41. The van der Waals surface area contributed by atoms with Crippen LogP contribution < -0.4 is 0 Å². The van der Waals surface area contributed by atoms with Crippen LogP contribution in [0.4, 0.5) is 0 Å². The molecule has 3 N–H and O–H groups in total. The van der Waals surface area contributed by atoms with Gasteiger partial charge in [-0.3, -0.25) is 4.79 Å². The van der Waals surface area contributed by atoms with E-state index < -0.39 is 25.2 Å². The van der Waals surface area contributed by atoms with Crippen LogP contribution in [-0.4, -0.2) is 47.7 Å². The van der Waals surface area contributed by atoms with Gasteiger partial charge in [-0.15, -0.1) is 0 Å². The van der Waals surface area contributed by atoms with E-state index in [9.17, 15) is 4.79 Å². The first kappa shape index (κ1) is 17.4. The van der Waals surface area contributed by atoms with Gasteiger partial charge >= 0.3 is 5.97 Å². The minimum absolute atomic E-state index is 0.153. The van der Waals surface area contributed by atoms with E-state index in [4.69, 9.17) is 20.1 Å². The Morgan fingerprint density at radius 1 is 1.11 bits per heavy atom. The van der Waals surface area contributed by atoms with E-state index in [0.717, 1.165) is 19.3 Å². The van der Waals surface area contributed by atoms with Gasteiger partial charge in [0.05, 0.1) is 25.2 Å². The Balaban J connectivity index is 3.81. The van der Waals surface area contributed by atoms with Crippen LogP contribution in [0.25, 0.3) is 0 Å². The smallest absolute Gasteiger partial charge is 0.305 e. The molecule has 0 aromatic carbocycles. The minimum atomic E-state index is -1.13. The fourth-order valence-electron chi connectivity index (χ4n) is 1.41. The molecule has 0 saturated heterocycles. The minimum Gasteiger partial charge on any atom is -0.465 e. The van der Waals surface area contributed by atoms with Crippen molar-refractivity contribution in [2.45, 2.75) is 39.5 Å². The van der Waals surface area contributed by atoms with Crippen molar-refractivity contribution in [2.75, 3.05) is 26.4 Å². The van der Waals surface area contributed by atoms with Crippen LogP contribution in [0.15, 0.2) is 0 Å². The van der Waals surface area contributed by atoms with Gasteiger partial charge < -0.3 is 20.1 Å². The first-order valence-corrected chi connectivity index (χ1v) is 6.48. The molecule has 0 saturated carbocycles. The summed E-state index contributed by atoms with van der Waals surface area (Å²) in [4.78, 5) is 11.4. The topological polar surface area (TPSA) is 87.0 Å². The second-order valence-electron chi connectivity index (χ2n) is 5.27. The molecule has 0 radical (unpaired) electrons. The van der Waals surface area contributed by atoms with Crippen LogP contribution in [0, 0.1) is 11.3 Å². The van der Waals surface area contributed by atoms with Crippen LogP contribution >= 0.6 is 0 Å².